The summed E-state index contributed by atoms with van der Waals surface area (Å²) in [6.07, 6.45) is 0. The van der Waals surface area contributed by atoms with Crippen molar-refractivity contribution in [1.82, 2.24) is 15.1 Å². The van der Waals surface area contributed by atoms with E-state index in [4.69, 9.17) is 23.2 Å². The summed E-state index contributed by atoms with van der Waals surface area (Å²) in [6, 6.07) is 17.0. The Labute approximate surface area is 170 Å². The van der Waals surface area contributed by atoms with Crippen LogP contribution in [-0.4, -0.2) is 15.7 Å². The molecule has 4 nitrogen and oxygen atoms in total. The second kappa shape index (κ2) is 7.35. The zero-order valence-corrected chi connectivity index (χ0v) is 16.7. The molecule has 0 saturated heterocycles. The topological polar surface area (TPSA) is 46.9 Å². The van der Waals surface area contributed by atoms with Gasteiger partial charge in [-0.15, -0.1) is 11.3 Å². The largest absolute Gasteiger partial charge is 0.347 e. The van der Waals surface area contributed by atoms with Gasteiger partial charge in [0, 0.05) is 22.0 Å². The fourth-order valence-electron chi connectivity index (χ4n) is 2.83. The number of nitrogens with zero attached hydrogens (tertiary/aromatic N) is 2. The lowest BCUT2D eigenvalue weighted by atomic mass is 10.2. The van der Waals surface area contributed by atoms with Crippen LogP contribution in [0.2, 0.25) is 10.0 Å². The number of carbonyl (C=O) groups excluding carboxylic acids is 1. The number of hydrogen-bond donors (Lipinski definition) is 1. The predicted molar refractivity (Wildman–Crippen MR) is 111 cm³/mol. The molecule has 0 saturated carbocycles. The average Bonchev–Trinajstić information content (AvgIpc) is 3.22. The van der Waals surface area contributed by atoms with Crippen LogP contribution in [0.3, 0.4) is 0 Å². The van der Waals surface area contributed by atoms with Crippen molar-refractivity contribution >= 4 is 50.7 Å². The monoisotopic (exact) mass is 415 g/mol. The third kappa shape index (κ3) is 3.58. The van der Waals surface area contributed by atoms with Crippen molar-refractivity contribution in [2.24, 2.45) is 0 Å². The Morgan fingerprint density at radius 2 is 1.93 bits per heavy atom. The maximum atomic E-state index is 12.6. The van der Waals surface area contributed by atoms with Crippen LogP contribution in [0.1, 0.15) is 20.9 Å². The molecule has 4 rings (SSSR count). The van der Waals surface area contributed by atoms with Gasteiger partial charge in [-0.25, -0.2) is 4.68 Å². The summed E-state index contributed by atoms with van der Waals surface area (Å²) in [6.45, 7) is 2.29. The van der Waals surface area contributed by atoms with E-state index in [0.717, 1.165) is 27.2 Å². The van der Waals surface area contributed by atoms with Crippen molar-refractivity contribution in [2.75, 3.05) is 0 Å². The molecule has 0 fully saturated rings. The van der Waals surface area contributed by atoms with Gasteiger partial charge >= 0.3 is 0 Å². The molecule has 27 heavy (non-hydrogen) atoms. The number of aromatic nitrogens is 2. The van der Waals surface area contributed by atoms with Crippen LogP contribution in [-0.2, 0) is 6.54 Å². The molecule has 0 radical (unpaired) electrons. The van der Waals surface area contributed by atoms with Crippen molar-refractivity contribution < 1.29 is 4.79 Å². The number of para-hydroxylation sites is 1. The van der Waals surface area contributed by atoms with Crippen molar-refractivity contribution in [3.8, 4) is 5.69 Å². The Bertz CT molecular complexity index is 1140. The number of nitrogens with one attached hydrogen (secondary N) is 1. The molecular weight excluding hydrogens is 401 g/mol. The van der Waals surface area contributed by atoms with E-state index in [1.54, 1.807) is 12.1 Å². The summed E-state index contributed by atoms with van der Waals surface area (Å²) < 4.78 is 1.88. The van der Waals surface area contributed by atoms with Gasteiger partial charge < -0.3 is 5.32 Å². The molecule has 2 heterocycles. The highest BCUT2D eigenvalue weighted by Gasteiger charge is 2.17. The molecule has 0 unspecified atom stereocenters. The lowest BCUT2D eigenvalue weighted by Gasteiger charge is -2.06. The maximum Gasteiger partial charge on any atom is 0.261 e. The van der Waals surface area contributed by atoms with Crippen LogP contribution in [0.25, 0.3) is 15.9 Å². The van der Waals surface area contributed by atoms with Crippen LogP contribution >= 0.6 is 34.5 Å². The minimum absolute atomic E-state index is 0.138. The SMILES string of the molecule is Cc1nn(-c2ccccc2)c2sc(C(=O)NCc3ccc(Cl)cc3Cl)cc12. The number of carbonyl (C=O) groups is 1. The van der Waals surface area contributed by atoms with Gasteiger partial charge in [0.1, 0.15) is 4.83 Å². The van der Waals surface area contributed by atoms with Crippen LogP contribution in [0.5, 0.6) is 0 Å². The van der Waals surface area contributed by atoms with Crippen molar-refractivity contribution in [3.05, 3.63) is 80.8 Å². The smallest absolute Gasteiger partial charge is 0.261 e. The maximum absolute atomic E-state index is 12.6. The van der Waals surface area contributed by atoms with E-state index in [1.807, 2.05) is 54.1 Å². The van der Waals surface area contributed by atoms with E-state index in [0.29, 0.717) is 21.5 Å². The highest BCUT2D eigenvalue weighted by atomic mass is 35.5. The van der Waals surface area contributed by atoms with Gasteiger partial charge in [-0.1, -0.05) is 47.5 Å². The van der Waals surface area contributed by atoms with E-state index < -0.39 is 0 Å². The first-order valence-corrected chi connectivity index (χ1v) is 9.87. The molecule has 1 amide bonds. The highest BCUT2D eigenvalue weighted by Crippen LogP contribution is 2.30. The number of halogens is 2. The Balaban J connectivity index is 1.59. The standard InChI is InChI=1S/C20H15Cl2N3OS/c1-12-16-10-18(19(26)23-11-13-7-8-14(21)9-17(13)22)27-20(16)25(24-12)15-5-3-2-4-6-15/h2-10H,11H2,1H3,(H,23,26). The molecule has 0 aliphatic carbocycles. The highest BCUT2D eigenvalue weighted by molar-refractivity contribution is 7.20. The van der Waals surface area contributed by atoms with Gasteiger partial charge in [0.2, 0.25) is 0 Å². The van der Waals surface area contributed by atoms with E-state index in [9.17, 15) is 4.79 Å². The number of thiophene rings is 1. The summed E-state index contributed by atoms with van der Waals surface area (Å²) in [4.78, 5) is 14.2. The van der Waals surface area contributed by atoms with Crippen LogP contribution in [0.4, 0.5) is 0 Å². The van der Waals surface area contributed by atoms with Gasteiger partial charge in [0.25, 0.3) is 5.91 Å². The number of aryl methyl sites for hydroxylation is 1. The second-order valence-corrected chi connectivity index (χ2v) is 7.95. The molecule has 2 aromatic carbocycles. The molecule has 0 aliphatic rings. The van der Waals surface area contributed by atoms with E-state index in [1.165, 1.54) is 11.3 Å². The Kier molecular flexibility index (Phi) is 4.91. The molecule has 4 aromatic rings. The molecule has 1 N–H and O–H groups in total. The lowest BCUT2D eigenvalue weighted by molar-refractivity contribution is 0.0955. The predicted octanol–water partition coefficient (Wildman–Crippen LogP) is 5.63. The average molecular weight is 416 g/mol. The second-order valence-electron chi connectivity index (χ2n) is 6.08. The summed E-state index contributed by atoms with van der Waals surface area (Å²) in [5.74, 6) is -0.138. The summed E-state index contributed by atoms with van der Waals surface area (Å²) >= 11 is 13.5. The number of fused-ring (bicyclic) bond motifs is 1. The quantitative estimate of drug-likeness (QED) is 0.469. The summed E-state index contributed by atoms with van der Waals surface area (Å²) in [5.41, 5.74) is 2.68. The molecule has 2 aromatic heterocycles. The minimum atomic E-state index is -0.138. The lowest BCUT2D eigenvalue weighted by Crippen LogP contribution is -2.21. The molecule has 136 valence electrons. The van der Waals surface area contributed by atoms with Crippen molar-refractivity contribution in [1.29, 1.82) is 0 Å². The third-order valence-corrected chi connectivity index (χ3v) is 5.92. The van der Waals surface area contributed by atoms with Crippen LogP contribution < -0.4 is 5.32 Å². The van der Waals surface area contributed by atoms with Gasteiger partial charge in [0.05, 0.1) is 16.3 Å². The van der Waals surface area contributed by atoms with Gasteiger partial charge in [-0.3, -0.25) is 4.79 Å². The van der Waals surface area contributed by atoms with Gasteiger partial charge in [0.15, 0.2) is 0 Å². The third-order valence-electron chi connectivity index (χ3n) is 4.22. The first kappa shape index (κ1) is 18.0. The molecular formula is C20H15Cl2N3OS. The Hall–Kier alpha value is -2.34. The van der Waals surface area contributed by atoms with Crippen molar-refractivity contribution in [2.45, 2.75) is 13.5 Å². The normalized spacial score (nSPS) is 11.1. The zero-order valence-electron chi connectivity index (χ0n) is 14.4. The Morgan fingerprint density at radius 3 is 2.67 bits per heavy atom. The molecule has 0 aliphatic heterocycles. The van der Waals surface area contributed by atoms with Crippen molar-refractivity contribution in [3.63, 3.8) is 0 Å². The fourth-order valence-corrected chi connectivity index (χ4v) is 4.41. The fraction of sp³-hybridized carbons (Fsp3) is 0.100. The number of benzene rings is 2. The Morgan fingerprint density at radius 1 is 1.15 bits per heavy atom. The first-order chi connectivity index (χ1) is 13.0. The molecule has 0 bridgehead atoms. The van der Waals surface area contributed by atoms with E-state index in [2.05, 4.69) is 10.4 Å². The van der Waals surface area contributed by atoms with Crippen LogP contribution in [0.15, 0.2) is 54.6 Å². The number of rotatable bonds is 4. The number of amides is 1. The van der Waals surface area contributed by atoms with Gasteiger partial charge in [-0.2, -0.15) is 5.10 Å². The first-order valence-electron chi connectivity index (χ1n) is 8.29. The summed E-state index contributed by atoms with van der Waals surface area (Å²) in [7, 11) is 0. The molecule has 0 atom stereocenters. The zero-order chi connectivity index (χ0) is 19.0. The summed E-state index contributed by atoms with van der Waals surface area (Å²) in [5, 5.41) is 9.61. The minimum Gasteiger partial charge on any atom is -0.347 e. The van der Waals surface area contributed by atoms with Gasteiger partial charge in [-0.05, 0) is 42.8 Å². The molecule has 0 spiro atoms. The number of hydrogen-bond acceptors (Lipinski definition) is 3. The van der Waals surface area contributed by atoms with E-state index in [-0.39, 0.29) is 5.91 Å². The van der Waals surface area contributed by atoms with E-state index >= 15 is 0 Å². The molecule has 7 heteroatoms. The van der Waals surface area contributed by atoms with Crippen LogP contribution in [0, 0.1) is 6.92 Å².